The van der Waals surface area contributed by atoms with Crippen LogP contribution in [0.1, 0.15) is 25.1 Å². The molecule has 2 heterocycles. The van der Waals surface area contributed by atoms with Gasteiger partial charge in [0.05, 0.1) is 18.0 Å². The summed E-state index contributed by atoms with van der Waals surface area (Å²) < 4.78 is 12.8. The molecule has 1 amide bonds. The van der Waals surface area contributed by atoms with Crippen LogP contribution in [0.3, 0.4) is 0 Å². The molecule has 3 aromatic rings. The smallest absolute Gasteiger partial charge is 0.242 e. The van der Waals surface area contributed by atoms with Crippen molar-refractivity contribution in [3.8, 4) is 0 Å². The maximum absolute atomic E-state index is 13.4. The number of rotatable bonds is 5. The number of amides is 1. The number of aromatic nitrogens is 1. The molecular formula is C25H19N3O5. The first kappa shape index (κ1) is 20.4. The van der Waals surface area contributed by atoms with Gasteiger partial charge in [-0.15, -0.1) is 0 Å². The first-order valence-corrected chi connectivity index (χ1v) is 10.4. The Hall–Kier alpha value is -4.46. The topological polar surface area (TPSA) is 107 Å². The fraction of sp³-hybridized carbons (Fsp3) is 0.120. The van der Waals surface area contributed by atoms with Crippen molar-refractivity contribution in [1.82, 2.24) is 9.99 Å². The molecular weight excluding hydrogens is 422 g/mol. The molecule has 1 aliphatic carbocycles. The highest BCUT2D eigenvalue weighted by molar-refractivity contribution is 5.83. The van der Waals surface area contributed by atoms with E-state index in [-0.39, 0.29) is 34.0 Å². The third-order valence-electron chi connectivity index (χ3n) is 5.48. The largest absolute Gasteiger partial charge is 0.463 e. The van der Waals surface area contributed by atoms with Crippen LogP contribution in [0, 0.1) is 10.8 Å². The van der Waals surface area contributed by atoms with Crippen LogP contribution in [0.4, 0.5) is 0 Å². The molecule has 1 atom stereocenters. The quantitative estimate of drug-likeness (QED) is 0.332. The summed E-state index contributed by atoms with van der Waals surface area (Å²) in [5.41, 5.74) is 2.81. The number of nitrogens with zero attached hydrogens (tertiary/aromatic N) is 2. The SMILES string of the molecule is CC(CC(=O)NN=Cc1ccco1)n1c2c(=O)c3ccccc3c(=O)c=2oc2ccccc21. The summed E-state index contributed by atoms with van der Waals surface area (Å²) in [5, 5.41) is 4.65. The molecule has 8 nitrogen and oxygen atoms in total. The van der Waals surface area contributed by atoms with E-state index in [2.05, 4.69) is 10.5 Å². The van der Waals surface area contributed by atoms with E-state index in [1.165, 1.54) is 12.5 Å². The second-order valence-electron chi connectivity index (χ2n) is 7.68. The zero-order valence-corrected chi connectivity index (χ0v) is 17.6. The van der Waals surface area contributed by atoms with Crippen LogP contribution in [-0.2, 0) is 4.79 Å². The van der Waals surface area contributed by atoms with Gasteiger partial charge in [0.1, 0.15) is 11.1 Å². The van der Waals surface area contributed by atoms with E-state index in [1.807, 2.05) is 6.07 Å². The minimum Gasteiger partial charge on any atom is -0.463 e. The van der Waals surface area contributed by atoms with Crippen molar-refractivity contribution >= 4 is 34.0 Å². The molecule has 1 unspecified atom stereocenters. The van der Waals surface area contributed by atoms with Crippen molar-refractivity contribution in [2.24, 2.45) is 5.10 Å². The van der Waals surface area contributed by atoms with Gasteiger partial charge >= 0.3 is 0 Å². The molecule has 2 aromatic carbocycles. The maximum Gasteiger partial charge on any atom is 0.242 e. The van der Waals surface area contributed by atoms with Gasteiger partial charge in [0.25, 0.3) is 0 Å². The number of furan rings is 1. The van der Waals surface area contributed by atoms with Crippen molar-refractivity contribution in [2.75, 3.05) is 0 Å². The zero-order valence-electron chi connectivity index (χ0n) is 17.6. The molecule has 1 aromatic heterocycles. The van der Waals surface area contributed by atoms with Gasteiger partial charge in [0.15, 0.2) is 5.58 Å². The molecule has 0 saturated heterocycles. The summed E-state index contributed by atoms with van der Waals surface area (Å²) in [6, 6.07) is 16.7. The Morgan fingerprint density at radius 3 is 2.52 bits per heavy atom. The maximum atomic E-state index is 13.4. The first-order valence-electron chi connectivity index (χ1n) is 10.4. The van der Waals surface area contributed by atoms with E-state index in [1.54, 1.807) is 66.1 Å². The Bertz CT molecular complexity index is 1700. The predicted molar refractivity (Wildman–Crippen MR) is 123 cm³/mol. The zero-order chi connectivity index (χ0) is 22.9. The van der Waals surface area contributed by atoms with Crippen LogP contribution in [-0.4, -0.2) is 16.7 Å². The fourth-order valence-corrected chi connectivity index (χ4v) is 4.02. The van der Waals surface area contributed by atoms with Gasteiger partial charge in [-0.25, -0.2) is 5.43 Å². The number of carbonyl (C=O) groups is 1. The fourth-order valence-electron chi connectivity index (χ4n) is 4.02. The van der Waals surface area contributed by atoms with Crippen molar-refractivity contribution in [3.05, 3.63) is 104 Å². The van der Waals surface area contributed by atoms with E-state index in [4.69, 9.17) is 8.83 Å². The molecule has 5 rings (SSSR count). The van der Waals surface area contributed by atoms with Gasteiger partial charge in [-0.05, 0) is 31.2 Å². The lowest BCUT2D eigenvalue weighted by Crippen LogP contribution is -2.26. The molecule has 1 N–H and O–H groups in total. The number of hydrogen-bond donors (Lipinski definition) is 1. The van der Waals surface area contributed by atoms with Crippen LogP contribution < -0.4 is 16.3 Å². The second-order valence-corrected chi connectivity index (χ2v) is 7.68. The van der Waals surface area contributed by atoms with E-state index in [0.717, 1.165) is 0 Å². The highest BCUT2D eigenvalue weighted by atomic mass is 16.3. The monoisotopic (exact) mass is 441 g/mol. The Morgan fingerprint density at radius 2 is 1.76 bits per heavy atom. The standard InChI is InChI=1S/C25H19N3O5/c1-15(13-21(29)27-26-14-16-7-6-12-32-16)28-19-10-4-5-11-20(19)33-25-22(28)23(30)17-8-2-3-9-18(17)24(25)31/h2-12,14-15H,13H2,1H3,(H,27,29). The molecule has 8 heteroatoms. The molecule has 33 heavy (non-hydrogen) atoms. The number of benzene rings is 2. The van der Waals surface area contributed by atoms with Gasteiger partial charge in [-0.3, -0.25) is 14.4 Å². The summed E-state index contributed by atoms with van der Waals surface area (Å²) in [7, 11) is 0. The average molecular weight is 441 g/mol. The van der Waals surface area contributed by atoms with Gasteiger partial charge in [-0.2, -0.15) is 5.10 Å². The summed E-state index contributed by atoms with van der Waals surface area (Å²) in [6.07, 6.45) is 2.92. The second kappa shape index (κ2) is 8.23. The summed E-state index contributed by atoms with van der Waals surface area (Å²) in [5.74, 6) is 0.150. The van der Waals surface area contributed by atoms with E-state index >= 15 is 0 Å². The van der Waals surface area contributed by atoms with E-state index in [0.29, 0.717) is 27.6 Å². The van der Waals surface area contributed by atoms with Crippen molar-refractivity contribution in [1.29, 1.82) is 0 Å². The van der Waals surface area contributed by atoms with Crippen LogP contribution in [0.25, 0.3) is 21.9 Å². The number of carbonyl (C=O) groups excluding carboxylic acids is 1. The van der Waals surface area contributed by atoms with E-state index in [9.17, 15) is 14.4 Å². The predicted octanol–water partition coefficient (Wildman–Crippen LogP) is 3.53. The number of hydrogen-bond acceptors (Lipinski definition) is 6. The first-order chi connectivity index (χ1) is 16.0. The van der Waals surface area contributed by atoms with Crippen molar-refractivity contribution < 1.29 is 13.6 Å². The van der Waals surface area contributed by atoms with Crippen LogP contribution in [0.15, 0.2) is 90.5 Å². The lowest BCUT2D eigenvalue weighted by molar-refractivity contribution is -0.121. The number of fused-ring (bicyclic) bond motifs is 2. The van der Waals surface area contributed by atoms with E-state index < -0.39 is 6.04 Å². The summed E-state index contributed by atoms with van der Waals surface area (Å²) in [6.45, 7) is 1.81. The Morgan fingerprint density at radius 1 is 1.03 bits per heavy atom. The molecule has 0 fully saturated rings. The number of hydrazone groups is 1. The Balaban J connectivity index is 1.65. The highest BCUT2D eigenvalue weighted by Crippen LogP contribution is 2.22. The molecule has 2 aliphatic rings. The lowest BCUT2D eigenvalue weighted by Gasteiger charge is -2.19. The number of nitrogens with one attached hydrogen (secondary N) is 1. The third-order valence-corrected chi connectivity index (χ3v) is 5.48. The molecule has 0 spiro atoms. The average Bonchev–Trinajstić information content (AvgIpc) is 3.34. The van der Waals surface area contributed by atoms with Crippen LogP contribution >= 0.6 is 0 Å². The molecule has 0 saturated carbocycles. The molecule has 164 valence electrons. The summed E-state index contributed by atoms with van der Waals surface area (Å²) in [4.78, 5) is 39.2. The molecule has 0 radical (unpaired) electrons. The van der Waals surface area contributed by atoms with Gasteiger partial charge < -0.3 is 13.4 Å². The van der Waals surface area contributed by atoms with Gasteiger partial charge in [0, 0.05) is 23.2 Å². The number of para-hydroxylation sites is 2. The summed E-state index contributed by atoms with van der Waals surface area (Å²) >= 11 is 0. The minimum absolute atomic E-state index is 0.0176. The Kier molecular flexibility index (Phi) is 5.10. The lowest BCUT2D eigenvalue weighted by atomic mass is 10.1. The molecule has 0 bridgehead atoms. The van der Waals surface area contributed by atoms with Crippen molar-refractivity contribution in [2.45, 2.75) is 19.4 Å². The minimum atomic E-state index is -0.471. The van der Waals surface area contributed by atoms with Crippen molar-refractivity contribution in [3.63, 3.8) is 0 Å². The van der Waals surface area contributed by atoms with Crippen LogP contribution in [0.2, 0.25) is 0 Å². The van der Waals surface area contributed by atoms with Gasteiger partial charge in [-0.1, -0.05) is 36.4 Å². The molecule has 1 aliphatic heterocycles. The normalized spacial score (nSPS) is 12.6. The third kappa shape index (κ3) is 3.61. The van der Waals surface area contributed by atoms with Gasteiger partial charge in [0.2, 0.25) is 22.2 Å². The highest BCUT2D eigenvalue weighted by Gasteiger charge is 2.19. The Labute approximate surface area is 186 Å². The van der Waals surface area contributed by atoms with Crippen LogP contribution in [0.5, 0.6) is 0 Å².